The van der Waals surface area contributed by atoms with Crippen molar-refractivity contribution in [3.63, 3.8) is 0 Å². The molecule has 1 nitrogen and oxygen atoms in total. The molecule has 0 amide bonds. The van der Waals surface area contributed by atoms with Crippen LogP contribution in [-0.4, -0.2) is 13.0 Å². The van der Waals surface area contributed by atoms with Gasteiger partial charge in [0.05, 0.1) is 6.54 Å². The minimum absolute atomic E-state index is 0.221. The van der Waals surface area contributed by atoms with Crippen LogP contribution in [0, 0.1) is 17.5 Å². The average molecular weight is 211 g/mol. The van der Waals surface area contributed by atoms with E-state index in [1.54, 1.807) is 0 Å². The molecule has 0 saturated heterocycles. The van der Waals surface area contributed by atoms with E-state index in [0.717, 1.165) is 0 Å². The summed E-state index contributed by atoms with van der Waals surface area (Å²) in [5, 5.41) is 2.06. The summed E-state index contributed by atoms with van der Waals surface area (Å²) in [5.74, 6) is -4.45. The molecule has 0 aliphatic heterocycles. The van der Waals surface area contributed by atoms with E-state index in [1.807, 2.05) is 0 Å². The van der Waals surface area contributed by atoms with E-state index < -0.39 is 30.4 Å². The number of hydrogen-bond acceptors (Lipinski definition) is 1. The largest absolute Gasteiger partial charge is 0.379 e. The van der Waals surface area contributed by atoms with Crippen LogP contribution in [0.1, 0.15) is 0 Å². The molecular formula is C8H6F5N. The standard InChI is InChI=1S/C8H6F5N/c9-5-1-4(14-3-7(11)12)2-6(10)8(5)13/h1-2,7,14H,3H2. The predicted octanol–water partition coefficient (Wildman–Crippen LogP) is 2.78. The normalized spacial score (nSPS) is 10.7. The van der Waals surface area contributed by atoms with E-state index in [0.29, 0.717) is 12.1 Å². The van der Waals surface area contributed by atoms with Crippen LogP contribution in [0.2, 0.25) is 0 Å². The van der Waals surface area contributed by atoms with Crippen LogP contribution in [0.4, 0.5) is 27.6 Å². The second-order valence-electron chi connectivity index (χ2n) is 2.53. The Labute approximate surface area is 76.5 Å². The summed E-state index contributed by atoms with van der Waals surface area (Å²) in [6.45, 7) is -0.746. The Bertz CT molecular complexity index is 303. The Morgan fingerprint density at radius 2 is 1.57 bits per heavy atom. The Kier molecular flexibility index (Phi) is 3.27. The summed E-state index contributed by atoms with van der Waals surface area (Å²) in [7, 11) is 0. The van der Waals surface area contributed by atoms with Gasteiger partial charge in [-0.3, -0.25) is 0 Å². The van der Waals surface area contributed by atoms with E-state index in [9.17, 15) is 22.0 Å². The van der Waals surface area contributed by atoms with Crippen molar-refractivity contribution < 1.29 is 22.0 Å². The molecule has 78 valence electrons. The molecule has 0 radical (unpaired) electrons. The predicted molar refractivity (Wildman–Crippen MR) is 40.8 cm³/mol. The molecule has 0 aliphatic rings. The minimum Gasteiger partial charge on any atom is -0.379 e. The van der Waals surface area contributed by atoms with Crippen molar-refractivity contribution >= 4 is 5.69 Å². The molecule has 0 aromatic heterocycles. The maximum Gasteiger partial charge on any atom is 0.255 e. The molecule has 1 aromatic rings. The number of rotatable bonds is 3. The Hall–Kier alpha value is -1.33. The summed E-state index contributed by atoms with van der Waals surface area (Å²) in [5.41, 5.74) is -0.221. The molecule has 0 heterocycles. The highest BCUT2D eigenvalue weighted by molar-refractivity contribution is 5.44. The molecule has 1 N–H and O–H groups in total. The van der Waals surface area contributed by atoms with Gasteiger partial charge in [-0.25, -0.2) is 22.0 Å². The van der Waals surface area contributed by atoms with Crippen molar-refractivity contribution in [1.82, 2.24) is 0 Å². The fraction of sp³-hybridized carbons (Fsp3) is 0.250. The number of halogens is 5. The Morgan fingerprint density at radius 3 is 2.00 bits per heavy atom. The molecule has 6 heteroatoms. The van der Waals surface area contributed by atoms with E-state index >= 15 is 0 Å². The summed E-state index contributed by atoms with van der Waals surface area (Å²) in [6.07, 6.45) is -2.65. The number of anilines is 1. The highest BCUT2D eigenvalue weighted by atomic mass is 19.3. The first-order valence-corrected chi connectivity index (χ1v) is 3.67. The lowest BCUT2D eigenvalue weighted by Crippen LogP contribution is -2.10. The van der Waals surface area contributed by atoms with Gasteiger partial charge >= 0.3 is 0 Å². The molecule has 1 rings (SSSR count). The van der Waals surface area contributed by atoms with Crippen molar-refractivity contribution in [3.8, 4) is 0 Å². The highest BCUT2D eigenvalue weighted by Gasteiger charge is 2.11. The zero-order valence-electron chi connectivity index (χ0n) is 6.83. The first kappa shape index (κ1) is 10.7. The first-order chi connectivity index (χ1) is 6.50. The number of alkyl halides is 2. The van der Waals surface area contributed by atoms with E-state index in [4.69, 9.17) is 0 Å². The monoisotopic (exact) mass is 211 g/mol. The van der Waals surface area contributed by atoms with Crippen LogP contribution < -0.4 is 5.32 Å². The van der Waals surface area contributed by atoms with Crippen LogP contribution in [-0.2, 0) is 0 Å². The molecule has 0 bridgehead atoms. The third-order valence-electron chi connectivity index (χ3n) is 1.44. The Balaban J connectivity index is 2.79. The molecular weight excluding hydrogens is 205 g/mol. The van der Waals surface area contributed by atoms with Crippen molar-refractivity contribution in [2.75, 3.05) is 11.9 Å². The number of nitrogens with one attached hydrogen (secondary N) is 1. The maximum absolute atomic E-state index is 12.5. The average Bonchev–Trinajstić information content (AvgIpc) is 2.10. The van der Waals surface area contributed by atoms with Crippen molar-refractivity contribution in [3.05, 3.63) is 29.6 Å². The zero-order chi connectivity index (χ0) is 10.7. The number of hydrogen-bond donors (Lipinski definition) is 1. The van der Waals surface area contributed by atoms with Gasteiger partial charge in [-0.05, 0) is 0 Å². The van der Waals surface area contributed by atoms with Crippen molar-refractivity contribution in [2.45, 2.75) is 6.43 Å². The molecule has 0 fully saturated rings. The fourth-order valence-corrected chi connectivity index (χ4v) is 0.853. The second-order valence-corrected chi connectivity index (χ2v) is 2.53. The highest BCUT2D eigenvalue weighted by Crippen LogP contribution is 2.17. The third kappa shape index (κ3) is 2.58. The van der Waals surface area contributed by atoms with Crippen LogP contribution in [0.25, 0.3) is 0 Å². The summed E-state index contributed by atoms with van der Waals surface area (Å²) < 4.78 is 60.8. The van der Waals surface area contributed by atoms with E-state index in [-0.39, 0.29) is 5.69 Å². The smallest absolute Gasteiger partial charge is 0.255 e. The molecule has 0 aliphatic carbocycles. The van der Waals surface area contributed by atoms with Gasteiger partial charge in [0, 0.05) is 17.8 Å². The fourth-order valence-electron chi connectivity index (χ4n) is 0.853. The lowest BCUT2D eigenvalue weighted by molar-refractivity contribution is 0.163. The van der Waals surface area contributed by atoms with Crippen molar-refractivity contribution in [1.29, 1.82) is 0 Å². The van der Waals surface area contributed by atoms with Gasteiger partial charge in [-0.15, -0.1) is 0 Å². The van der Waals surface area contributed by atoms with Crippen molar-refractivity contribution in [2.24, 2.45) is 0 Å². The summed E-state index contributed by atoms with van der Waals surface area (Å²) >= 11 is 0. The third-order valence-corrected chi connectivity index (χ3v) is 1.44. The Morgan fingerprint density at radius 1 is 1.07 bits per heavy atom. The maximum atomic E-state index is 12.5. The lowest BCUT2D eigenvalue weighted by Gasteiger charge is -2.06. The molecule has 0 saturated carbocycles. The van der Waals surface area contributed by atoms with Crippen LogP contribution in [0.3, 0.4) is 0 Å². The van der Waals surface area contributed by atoms with Crippen LogP contribution in [0.5, 0.6) is 0 Å². The van der Waals surface area contributed by atoms with Gasteiger partial charge in [0.1, 0.15) is 0 Å². The molecule has 0 unspecified atom stereocenters. The molecule has 0 spiro atoms. The SMILES string of the molecule is Fc1cc(NCC(F)F)cc(F)c1F. The first-order valence-electron chi connectivity index (χ1n) is 3.67. The van der Waals surface area contributed by atoms with Crippen LogP contribution in [0.15, 0.2) is 12.1 Å². The lowest BCUT2D eigenvalue weighted by atomic mass is 10.3. The molecule has 0 atom stereocenters. The molecule has 14 heavy (non-hydrogen) atoms. The summed E-state index contributed by atoms with van der Waals surface area (Å²) in [4.78, 5) is 0. The van der Waals surface area contributed by atoms with Crippen LogP contribution >= 0.6 is 0 Å². The topological polar surface area (TPSA) is 12.0 Å². The van der Waals surface area contributed by atoms with Gasteiger partial charge in [0.15, 0.2) is 17.5 Å². The van der Waals surface area contributed by atoms with Gasteiger partial charge in [0.2, 0.25) is 0 Å². The second kappa shape index (κ2) is 4.26. The van der Waals surface area contributed by atoms with Gasteiger partial charge in [-0.1, -0.05) is 0 Å². The van der Waals surface area contributed by atoms with Gasteiger partial charge < -0.3 is 5.32 Å². The summed E-state index contributed by atoms with van der Waals surface area (Å²) in [6, 6.07) is 1.22. The van der Waals surface area contributed by atoms with Gasteiger partial charge in [-0.2, -0.15) is 0 Å². The van der Waals surface area contributed by atoms with E-state index in [1.165, 1.54) is 0 Å². The number of benzene rings is 1. The molecule has 1 aromatic carbocycles. The van der Waals surface area contributed by atoms with Gasteiger partial charge in [0.25, 0.3) is 6.43 Å². The zero-order valence-corrected chi connectivity index (χ0v) is 6.83. The van der Waals surface area contributed by atoms with E-state index in [2.05, 4.69) is 5.32 Å². The minimum atomic E-state index is -2.65. The quantitative estimate of drug-likeness (QED) is 0.598.